The van der Waals surface area contributed by atoms with Crippen molar-refractivity contribution in [3.05, 3.63) is 35.6 Å². The van der Waals surface area contributed by atoms with E-state index in [0.29, 0.717) is 0 Å². The summed E-state index contributed by atoms with van der Waals surface area (Å²) in [7, 11) is 0. The Balaban J connectivity index is 0.000000461. The van der Waals surface area contributed by atoms with Gasteiger partial charge in [-0.05, 0) is 30.4 Å². The molecule has 0 bridgehead atoms. The van der Waals surface area contributed by atoms with Crippen LogP contribution >= 0.6 is 12.6 Å². The zero-order valence-corrected chi connectivity index (χ0v) is 7.74. The Morgan fingerprint density at radius 3 is 2.36 bits per heavy atom. The number of hydrogen-bond donors (Lipinski definition) is 1. The normalized spacial score (nSPS) is 8.36. The minimum Gasteiger partial charge on any atom is -0.207 e. The first-order valence-electron chi connectivity index (χ1n) is 3.52. The summed E-state index contributed by atoms with van der Waals surface area (Å²) in [6, 6.07) is 6.66. The maximum atomic E-state index is 12.4. The molecule has 0 nitrogen and oxygen atoms in total. The number of thiol groups is 1. The fourth-order valence-corrected chi connectivity index (χ4v) is 0.757. The largest absolute Gasteiger partial charge is 0.207 e. The molecule has 0 saturated heterocycles. The number of hydrogen-bond acceptors (Lipinski definition) is 1. The van der Waals surface area contributed by atoms with Crippen LogP contribution in [0.4, 0.5) is 4.39 Å². The van der Waals surface area contributed by atoms with Gasteiger partial charge in [0.25, 0.3) is 0 Å². The molecule has 62 valence electrons. The summed E-state index contributed by atoms with van der Waals surface area (Å²) in [6.45, 7) is 2.01. The van der Waals surface area contributed by atoms with Gasteiger partial charge in [0.1, 0.15) is 5.82 Å². The molecule has 2 heteroatoms. The van der Waals surface area contributed by atoms with E-state index in [9.17, 15) is 4.39 Å². The highest BCUT2D eigenvalue weighted by Crippen LogP contribution is 2.02. The van der Waals surface area contributed by atoms with Crippen molar-refractivity contribution < 1.29 is 4.39 Å². The summed E-state index contributed by atoms with van der Waals surface area (Å²) >= 11 is 3.53. The van der Waals surface area contributed by atoms with E-state index < -0.39 is 0 Å². The highest BCUT2D eigenvalue weighted by Gasteiger charge is 1.88. The molecule has 0 fully saturated rings. The van der Waals surface area contributed by atoms with Gasteiger partial charge in [-0.2, -0.15) is 12.6 Å². The SMILES string of the molecule is CCc1cccc(F)c1.CS. The number of rotatable bonds is 1. The third-order valence-electron chi connectivity index (χ3n) is 1.30. The van der Waals surface area contributed by atoms with Crippen LogP contribution in [-0.4, -0.2) is 6.26 Å². The maximum Gasteiger partial charge on any atom is 0.123 e. The maximum absolute atomic E-state index is 12.4. The van der Waals surface area contributed by atoms with Gasteiger partial charge >= 0.3 is 0 Å². The number of halogens is 1. The van der Waals surface area contributed by atoms with E-state index in [1.807, 2.05) is 13.0 Å². The quantitative estimate of drug-likeness (QED) is 0.619. The van der Waals surface area contributed by atoms with E-state index in [-0.39, 0.29) is 5.82 Å². The van der Waals surface area contributed by atoms with Crippen molar-refractivity contribution in [3.8, 4) is 0 Å². The summed E-state index contributed by atoms with van der Waals surface area (Å²) in [5, 5.41) is 0. The number of benzene rings is 1. The first kappa shape index (κ1) is 10.5. The van der Waals surface area contributed by atoms with Gasteiger partial charge in [0.15, 0.2) is 0 Å². The van der Waals surface area contributed by atoms with E-state index in [1.165, 1.54) is 6.07 Å². The predicted molar refractivity (Wildman–Crippen MR) is 50.7 cm³/mol. The van der Waals surface area contributed by atoms with Gasteiger partial charge in [0.2, 0.25) is 0 Å². The van der Waals surface area contributed by atoms with Gasteiger partial charge in [-0.3, -0.25) is 0 Å². The first-order chi connectivity index (χ1) is 5.33. The van der Waals surface area contributed by atoms with Gasteiger partial charge in [-0.1, -0.05) is 19.1 Å². The fourth-order valence-electron chi connectivity index (χ4n) is 0.757. The third kappa shape index (κ3) is 4.04. The Bertz CT molecular complexity index is 199. The second kappa shape index (κ2) is 6.23. The summed E-state index contributed by atoms with van der Waals surface area (Å²) in [5.74, 6) is -0.144. The van der Waals surface area contributed by atoms with Crippen LogP contribution in [0.5, 0.6) is 0 Å². The second-order valence-corrected chi connectivity index (χ2v) is 1.98. The zero-order valence-electron chi connectivity index (χ0n) is 6.84. The lowest BCUT2D eigenvalue weighted by atomic mass is 10.2. The zero-order chi connectivity index (χ0) is 8.69. The molecule has 0 unspecified atom stereocenters. The lowest BCUT2D eigenvalue weighted by Crippen LogP contribution is -1.79. The van der Waals surface area contributed by atoms with Gasteiger partial charge in [-0.25, -0.2) is 4.39 Å². The Labute approximate surface area is 72.9 Å². The van der Waals surface area contributed by atoms with Crippen molar-refractivity contribution >= 4 is 12.6 Å². The molecular formula is C9H13FS. The van der Waals surface area contributed by atoms with Gasteiger partial charge in [0, 0.05) is 0 Å². The molecule has 1 aromatic rings. The standard InChI is InChI=1S/C8H9F.CH4S/c1-2-7-4-3-5-8(9)6-7;1-2/h3-6H,2H2,1H3;2H,1H3. The molecule has 1 aromatic carbocycles. The molecule has 0 atom stereocenters. The molecule has 0 saturated carbocycles. The van der Waals surface area contributed by atoms with Crippen LogP contribution < -0.4 is 0 Å². The molecule has 0 aliphatic heterocycles. The molecule has 0 N–H and O–H groups in total. The van der Waals surface area contributed by atoms with E-state index in [4.69, 9.17) is 0 Å². The molecule has 11 heavy (non-hydrogen) atoms. The van der Waals surface area contributed by atoms with Crippen LogP contribution in [0.1, 0.15) is 12.5 Å². The minimum atomic E-state index is -0.144. The average molecular weight is 172 g/mol. The van der Waals surface area contributed by atoms with Crippen molar-refractivity contribution in [1.29, 1.82) is 0 Å². The van der Waals surface area contributed by atoms with Crippen LogP contribution in [-0.2, 0) is 6.42 Å². The van der Waals surface area contributed by atoms with E-state index >= 15 is 0 Å². The van der Waals surface area contributed by atoms with Gasteiger partial charge in [0.05, 0.1) is 0 Å². The Kier molecular flexibility index (Phi) is 5.94. The first-order valence-corrected chi connectivity index (χ1v) is 4.41. The Hall–Kier alpha value is -0.500. The van der Waals surface area contributed by atoms with E-state index in [0.717, 1.165) is 12.0 Å². The van der Waals surface area contributed by atoms with Gasteiger partial charge in [-0.15, -0.1) is 0 Å². The van der Waals surface area contributed by atoms with Crippen LogP contribution in [0.25, 0.3) is 0 Å². The molecule has 0 amide bonds. The van der Waals surface area contributed by atoms with E-state index in [1.54, 1.807) is 18.4 Å². The van der Waals surface area contributed by atoms with Crippen LogP contribution in [0.2, 0.25) is 0 Å². The highest BCUT2D eigenvalue weighted by atomic mass is 32.1. The molecule has 0 aliphatic carbocycles. The topological polar surface area (TPSA) is 0 Å². The third-order valence-corrected chi connectivity index (χ3v) is 1.30. The van der Waals surface area contributed by atoms with Gasteiger partial charge < -0.3 is 0 Å². The lowest BCUT2D eigenvalue weighted by molar-refractivity contribution is 0.625. The van der Waals surface area contributed by atoms with Crippen LogP contribution in [0.15, 0.2) is 24.3 Å². The minimum absolute atomic E-state index is 0.144. The fraction of sp³-hybridized carbons (Fsp3) is 0.333. The summed E-state index contributed by atoms with van der Waals surface area (Å²) < 4.78 is 12.4. The smallest absolute Gasteiger partial charge is 0.123 e. The van der Waals surface area contributed by atoms with Crippen LogP contribution in [0.3, 0.4) is 0 Å². The molecule has 0 spiro atoms. The molecule has 0 radical (unpaired) electrons. The molecular weight excluding hydrogens is 159 g/mol. The molecule has 0 heterocycles. The van der Waals surface area contributed by atoms with Crippen molar-refractivity contribution in [3.63, 3.8) is 0 Å². The second-order valence-electron chi connectivity index (χ2n) is 1.98. The molecule has 0 aliphatic rings. The molecule has 1 rings (SSSR count). The Morgan fingerprint density at radius 2 is 2.00 bits per heavy atom. The van der Waals surface area contributed by atoms with Crippen molar-refractivity contribution in [2.75, 3.05) is 6.26 Å². The molecule has 0 aromatic heterocycles. The van der Waals surface area contributed by atoms with Crippen molar-refractivity contribution in [1.82, 2.24) is 0 Å². The van der Waals surface area contributed by atoms with E-state index in [2.05, 4.69) is 12.6 Å². The number of aryl methyl sites for hydroxylation is 1. The average Bonchev–Trinajstić information content (AvgIpc) is 2.08. The summed E-state index contributed by atoms with van der Waals surface area (Å²) in [4.78, 5) is 0. The highest BCUT2D eigenvalue weighted by molar-refractivity contribution is 7.79. The summed E-state index contributed by atoms with van der Waals surface area (Å²) in [5.41, 5.74) is 1.05. The summed E-state index contributed by atoms with van der Waals surface area (Å²) in [6.07, 6.45) is 2.60. The lowest BCUT2D eigenvalue weighted by Gasteiger charge is -1.92. The Morgan fingerprint density at radius 1 is 1.36 bits per heavy atom. The van der Waals surface area contributed by atoms with Crippen molar-refractivity contribution in [2.45, 2.75) is 13.3 Å². The van der Waals surface area contributed by atoms with Crippen LogP contribution in [0, 0.1) is 5.82 Å². The monoisotopic (exact) mass is 172 g/mol. The predicted octanol–water partition coefficient (Wildman–Crippen LogP) is 2.93. The van der Waals surface area contributed by atoms with Crippen molar-refractivity contribution in [2.24, 2.45) is 0 Å².